The summed E-state index contributed by atoms with van der Waals surface area (Å²) in [6.45, 7) is 10.0. The fourth-order valence-corrected chi connectivity index (χ4v) is 1.67. The van der Waals surface area contributed by atoms with Crippen LogP contribution in [-0.2, 0) is 4.74 Å². The number of hydrogen-bond donors (Lipinski definition) is 1. The lowest BCUT2D eigenvalue weighted by atomic mass is 9.95. The minimum atomic E-state index is 0.191. The van der Waals surface area contributed by atoms with Crippen LogP contribution in [0.25, 0.3) is 6.08 Å². The summed E-state index contributed by atoms with van der Waals surface area (Å²) in [6, 6.07) is 10.3. The van der Waals surface area contributed by atoms with Gasteiger partial charge in [0.25, 0.3) is 0 Å². The van der Waals surface area contributed by atoms with Crippen LogP contribution >= 0.6 is 0 Å². The van der Waals surface area contributed by atoms with Crippen LogP contribution in [-0.4, -0.2) is 26.3 Å². The average Bonchev–Trinajstić information content (AvgIpc) is 2.37. The largest absolute Gasteiger partial charge is 0.377 e. The Balaban J connectivity index is 2.20. The highest BCUT2D eigenvalue weighted by Crippen LogP contribution is 2.13. The first-order valence-corrected chi connectivity index (χ1v) is 6.64. The van der Waals surface area contributed by atoms with Crippen LogP contribution < -0.4 is 5.32 Å². The fourth-order valence-electron chi connectivity index (χ4n) is 1.67. The summed E-state index contributed by atoms with van der Waals surface area (Å²) in [5.74, 6) is 0. The van der Waals surface area contributed by atoms with Gasteiger partial charge in [-0.25, -0.2) is 0 Å². The SMILES string of the molecule is CCNCC(C)(C)COCC=Cc1ccccc1. The van der Waals surface area contributed by atoms with Crippen molar-refractivity contribution in [1.29, 1.82) is 0 Å². The van der Waals surface area contributed by atoms with E-state index in [-0.39, 0.29) is 5.41 Å². The van der Waals surface area contributed by atoms with Gasteiger partial charge in [0.15, 0.2) is 0 Å². The van der Waals surface area contributed by atoms with Crippen molar-refractivity contribution in [3.8, 4) is 0 Å². The molecule has 0 aliphatic carbocycles. The Morgan fingerprint density at radius 1 is 1.22 bits per heavy atom. The second-order valence-electron chi connectivity index (χ2n) is 5.27. The standard InChI is InChI=1S/C16H25NO/c1-4-17-13-16(2,3)14-18-12-8-11-15-9-6-5-7-10-15/h5-11,17H,4,12-14H2,1-3H3. The Morgan fingerprint density at radius 3 is 2.61 bits per heavy atom. The summed E-state index contributed by atoms with van der Waals surface area (Å²) in [5.41, 5.74) is 1.41. The highest BCUT2D eigenvalue weighted by molar-refractivity contribution is 5.48. The lowest BCUT2D eigenvalue weighted by molar-refractivity contribution is 0.0808. The number of rotatable bonds is 8. The maximum absolute atomic E-state index is 5.69. The molecule has 1 aromatic carbocycles. The third kappa shape index (κ3) is 6.58. The van der Waals surface area contributed by atoms with Crippen molar-refractivity contribution in [3.63, 3.8) is 0 Å². The number of benzene rings is 1. The van der Waals surface area contributed by atoms with Gasteiger partial charge in [-0.05, 0) is 12.1 Å². The van der Waals surface area contributed by atoms with Gasteiger partial charge in [0.05, 0.1) is 13.2 Å². The summed E-state index contributed by atoms with van der Waals surface area (Å²) in [4.78, 5) is 0. The molecule has 0 aliphatic heterocycles. The predicted octanol–water partition coefficient (Wildman–Crippen LogP) is 3.35. The van der Waals surface area contributed by atoms with Crippen molar-refractivity contribution in [2.45, 2.75) is 20.8 Å². The molecular weight excluding hydrogens is 222 g/mol. The molecule has 1 rings (SSSR count). The van der Waals surface area contributed by atoms with Crippen LogP contribution in [0.2, 0.25) is 0 Å². The monoisotopic (exact) mass is 247 g/mol. The number of hydrogen-bond acceptors (Lipinski definition) is 2. The summed E-state index contributed by atoms with van der Waals surface area (Å²) >= 11 is 0. The Labute approximate surface area is 111 Å². The molecule has 0 saturated heterocycles. The van der Waals surface area contributed by atoms with Crippen LogP contribution in [0.3, 0.4) is 0 Å². The minimum Gasteiger partial charge on any atom is -0.377 e. The van der Waals surface area contributed by atoms with Gasteiger partial charge in [-0.1, -0.05) is 63.3 Å². The minimum absolute atomic E-state index is 0.191. The van der Waals surface area contributed by atoms with Crippen molar-refractivity contribution in [1.82, 2.24) is 5.32 Å². The molecular formula is C16H25NO. The Bertz CT molecular complexity index is 343. The quantitative estimate of drug-likeness (QED) is 0.711. The number of nitrogens with one attached hydrogen (secondary N) is 1. The maximum Gasteiger partial charge on any atom is 0.0650 e. The third-order valence-corrected chi connectivity index (χ3v) is 2.67. The van der Waals surface area contributed by atoms with Gasteiger partial charge in [-0.3, -0.25) is 0 Å². The molecule has 0 fully saturated rings. The highest BCUT2D eigenvalue weighted by Gasteiger charge is 2.16. The molecule has 0 heterocycles. The first kappa shape index (κ1) is 14.9. The molecule has 0 bridgehead atoms. The summed E-state index contributed by atoms with van der Waals surface area (Å²) < 4.78 is 5.69. The molecule has 100 valence electrons. The van der Waals surface area contributed by atoms with Crippen molar-refractivity contribution in [2.75, 3.05) is 26.3 Å². The first-order valence-electron chi connectivity index (χ1n) is 6.64. The van der Waals surface area contributed by atoms with Crippen LogP contribution in [0.5, 0.6) is 0 Å². The Morgan fingerprint density at radius 2 is 1.94 bits per heavy atom. The van der Waals surface area contributed by atoms with E-state index in [0.29, 0.717) is 6.61 Å². The molecule has 1 aromatic rings. The van der Waals surface area contributed by atoms with Crippen molar-refractivity contribution in [2.24, 2.45) is 5.41 Å². The Kier molecular flexibility index (Phi) is 6.69. The molecule has 0 aromatic heterocycles. The van der Waals surface area contributed by atoms with Crippen LogP contribution in [0.1, 0.15) is 26.3 Å². The van der Waals surface area contributed by atoms with Crippen molar-refractivity contribution >= 4 is 6.08 Å². The van der Waals surface area contributed by atoms with E-state index in [1.54, 1.807) is 0 Å². The van der Waals surface area contributed by atoms with Gasteiger partial charge in [0, 0.05) is 12.0 Å². The van der Waals surface area contributed by atoms with Crippen LogP contribution in [0, 0.1) is 5.41 Å². The topological polar surface area (TPSA) is 21.3 Å². The van der Waals surface area contributed by atoms with E-state index >= 15 is 0 Å². The fraction of sp³-hybridized carbons (Fsp3) is 0.500. The summed E-state index contributed by atoms with van der Waals surface area (Å²) in [7, 11) is 0. The molecule has 2 nitrogen and oxygen atoms in total. The second kappa shape index (κ2) is 8.06. The lowest BCUT2D eigenvalue weighted by Gasteiger charge is -2.24. The van der Waals surface area contributed by atoms with Crippen molar-refractivity contribution < 1.29 is 4.74 Å². The molecule has 18 heavy (non-hydrogen) atoms. The zero-order valence-electron chi connectivity index (χ0n) is 11.8. The number of ether oxygens (including phenoxy) is 1. The van der Waals surface area contributed by atoms with E-state index in [9.17, 15) is 0 Å². The molecule has 2 heteroatoms. The van der Waals surface area contributed by atoms with E-state index in [0.717, 1.165) is 19.7 Å². The zero-order chi connectivity index (χ0) is 13.3. The maximum atomic E-state index is 5.69. The first-order chi connectivity index (χ1) is 8.64. The van der Waals surface area contributed by atoms with Gasteiger partial charge in [0.2, 0.25) is 0 Å². The molecule has 0 atom stereocenters. The normalized spacial score (nSPS) is 12.2. The molecule has 0 amide bonds. The van der Waals surface area contributed by atoms with Gasteiger partial charge < -0.3 is 10.1 Å². The molecule has 0 spiro atoms. The van der Waals surface area contributed by atoms with E-state index in [4.69, 9.17) is 4.74 Å². The van der Waals surface area contributed by atoms with E-state index < -0.39 is 0 Å². The van der Waals surface area contributed by atoms with Gasteiger partial charge in [-0.2, -0.15) is 0 Å². The third-order valence-electron chi connectivity index (χ3n) is 2.67. The summed E-state index contributed by atoms with van der Waals surface area (Å²) in [6.07, 6.45) is 4.16. The van der Waals surface area contributed by atoms with Gasteiger partial charge in [0.1, 0.15) is 0 Å². The average molecular weight is 247 g/mol. The second-order valence-corrected chi connectivity index (χ2v) is 5.27. The highest BCUT2D eigenvalue weighted by atomic mass is 16.5. The Hall–Kier alpha value is -1.12. The molecule has 1 N–H and O–H groups in total. The van der Waals surface area contributed by atoms with Gasteiger partial charge >= 0.3 is 0 Å². The van der Waals surface area contributed by atoms with E-state index in [1.807, 2.05) is 18.2 Å². The summed E-state index contributed by atoms with van der Waals surface area (Å²) in [5, 5.41) is 3.36. The van der Waals surface area contributed by atoms with Gasteiger partial charge in [-0.15, -0.1) is 0 Å². The predicted molar refractivity (Wildman–Crippen MR) is 78.6 cm³/mol. The lowest BCUT2D eigenvalue weighted by Crippen LogP contribution is -2.33. The van der Waals surface area contributed by atoms with Crippen LogP contribution in [0.15, 0.2) is 36.4 Å². The molecule has 0 aliphatic rings. The van der Waals surface area contributed by atoms with Crippen molar-refractivity contribution in [3.05, 3.63) is 42.0 Å². The van der Waals surface area contributed by atoms with E-state index in [2.05, 4.69) is 50.4 Å². The zero-order valence-corrected chi connectivity index (χ0v) is 11.8. The molecule has 0 saturated carbocycles. The van der Waals surface area contributed by atoms with Crippen LogP contribution in [0.4, 0.5) is 0 Å². The smallest absolute Gasteiger partial charge is 0.0650 e. The molecule has 0 radical (unpaired) electrons. The molecule has 0 unspecified atom stereocenters. The van der Waals surface area contributed by atoms with E-state index in [1.165, 1.54) is 5.56 Å².